The normalized spacial score (nSPS) is 12.5. The van der Waals surface area contributed by atoms with Crippen LogP contribution < -0.4 is 5.32 Å². The first kappa shape index (κ1) is 17.2. The van der Waals surface area contributed by atoms with Crippen molar-refractivity contribution >= 4 is 43.4 Å². The molecule has 1 unspecified atom stereocenters. The molecular formula is C18H20BrN3OS. The van der Waals surface area contributed by atoms with Gasteiger partial charge in [0.05, 0.1) is 10.6 Å². The number of nitrogens with one attached hydrogen (secondary N) is 1. The fourth-order valence-corrected chi connectivity index (χ4v) is 4.01. The monoisotopic (exact) mass is 405 g/mol. The van der Waals surface area contributed by atoms with Crippen molar-refractivity contribution in [3.8, 4) is 0 Å². The Morgan fingerprint density at radius 1 is 1.38 bits per heavy atom. The number of thiophene rings is 1. The summed E-state index contributed by atoms with van der Waals surface area (Å²) in [6.45, 7) is 4.02. The van der Waals surface area contributed by atoms with E-state index < -0.39 is 0 Å². The van der Waals surface area contributed by atoms with Crippen molar-refractivity contribution in [1.82, 2.24) is 15.1 Å². The molecule has 0 aliphatic carbocycles. The minimum Gasteiger partial charge on any atom is -0.349 e. The zero-order valence-corrected chi connectivity index (χ0v) is 16.4. The van der Waals surface area contributed by atoms with Gasteiger partial charge in [-0.25, -0.2) is 0 Å². The van der Waals surface area contributed by atoms with E-state index in [4.69, 9.17) is 0 Å². The lowest BCUT2D eigenvalue weighted by atomic mass is 10.1. The Morgan fingerprint density at radius 3 is 2.75 bits per heavy atom. The number of halogens is 1. The molecule has 3 aromatic rings. The fourth-order valence-electron chi connectivity index (χ4n) is 2.72. The van der Waals surface area contributed by atoms with Gasteiger partial charge in [-0.1, -0.05) is 28.1 Å². The van der Waals surface area contributed by atoms with Crippen LogP contribution in [0.25, 0.3) is 10.2 Å². The lowest BCUT2D eigenvalue weighted by molar-refractivity contribution is 0.0942. The van der Waals surface area contributed by atoms with Gasteiger partial charge in [0.2, 0.25) is 0 Å². The first-order chi connectivity index (χ1) is 11.4. The molecule has 1 amide bonds. The van der Waals surface area contributed by atoms with Gasteiger partial charge in [0, 0.05) is 22.9 Å². The number of amides is 1. The molecular weight excluding hydrogens is 386 g/mol. The largest absolute Gasteiger partial charge is 0.349 e. The molecule has 3 rings (SSSR count). The van der Waals surface area contributed by atoms with E-state index in [0.29, 0.717) is 0 Å². The number of benzene rings is 1. The number of nitrogens with zero attached hydrogens (tertiary/aromatic N) is 2. The highest BCUT2D eigenvalue weighted by Gasteiger charge is 2.16. The van der Waals surface area contributed by atoms with Crippen LogP contribution in [-0.2, 0) is 13.5 Å². The summed E-state index contributed by atoms with van der Waals surface area (Å²) in [5, 5.41) is 8.54. The second-order valence-electron chi connectivity index (χ2n) is 6.08. The first-order valence-corrected chi connectivity index (χ1v) is 9.53. The van der Waals surface area contributed by atoms with Crippen molar-refractivity contribution in [2.75, 3.05) is 0 Å². The fraction of sp³-hybridized carbons (Fsp3) is 0.333. The average Bonchev–Trinajstić information content (AvgIpc) is 3.09. The van der Waals surface area contributed by atoms with E-state index in [1.165, 1.54) is 16.9 Å². The maximum absolute atomic E-state index is 12.5. The van der Waals surface area contributed by atoms with Crippen LogP contribution in [-0.4, -0.2) is 21.7 Å². The van der Waals surface area contributed by atoms with Crippen molar-refractivity contribution in [3.63, 3.8) is 0 Å². The maximum Gasteiger partial charge on any atom is 0.261 e. The number of rotatable bonds is 5. The number of fused-ring (bicyclic) bond motifs is 1. The van der Waals surface area contributed by atoms with Gasteiger partial charge in [-0.05, 0) is 50.5 Å². The van der Waals surface area contributed by atoms with Gasteiger partial charge in [0.15, 0.2) is 0 Å². The van der Waals surface area contributed by atoms with E-state index in [9.17, 15) is 4.79 Å². The van der Waals surface area contributed by atoms with Crippen molar-refractivity contribution in [2.24, 2.45) is 7.05 Å². The highest BCUT2D eigenvalue weighted by atomic mass is 79.9. The minimum absolute atomic E-state index is 0.00101. The molecule has 0 spiro atoms. The van der Waals surface area contributed by atoms with Crippen LogP contribution in [0, 0.1) is 6.92 Å². The minimum atomic E-state index is -0.00101. The van der Waals surface area contributed by atoms with E-state index in [1.54, 1.807) is 0 Å². The van der Waals surface area contributed by atoms with Gasteiger partial charge in [-0.2, -0.15) is 5.10 Å². The van der Waals surface area contributed by atoms with Gasteiger partial charge in [-0.15, -0.1) is 11.3 Å². The number of carbonyl (C=O) groups excluding carboxylic acids is 1. The van der Waals surface area contributed by atoms with Crippen LogP contribution in [0.4, 0.5) is 0 Å². The third-order valence-electron chi connectivity index (χ3n) is 4.08. The van der Waals surface area contributed by atoms with E-state index >= 15 is 0 Å². The van der Waals surface area contributed by atoms with Gasteiger partial charge < -0.3 is 5.32 Å². The highest BCUT2D eigenvalue weighted by molar-refractivity contribution is 9.10. The summed E-state index contributed by atoms with van der Waals surface area (Å²) in [5.74, 6) is -0.00101. The number of aryl methyl sites for hydroxylation is 3. The summed E-state index contributed by atoms with van der Waals surface area (Å²) in [6.07, 6.45) is 1.86. The zero-order valence-electron chi connectivity index (χ0n) is 14.0. The third-order valence-corrected chi connectivity index (χ3v) is 5.81. The Bertz CT molecular complexity index is 832. The van der Waals surface area contributed by atoms with E-state index in [2.05, 4.69) is 45.4 Å². The Hall–Kier alpha value is -1.66. The second-order valence-corrected chi connectivity index (χ2v) is 8.02. The van der Waals surface area contributed by atoms with E-state index in [-0.39, 0.29) is 11.9 Å². The van der Waals surface area contributed by atoms with Crippen LogP contribution >= 0.6 is 27.3 Å². The molecule has 0 aliphatic rings. The van der Waals surface area contributed by atoms with Gasteiger partial charge in [0.1, 0.15) is 4.83 Å². The molecule has 0 radical (unpaired) electrons. The predicted octanol–water partition coefficient (Wildman–Crippen LogP) is 4.46. The van der Waals surface area contributed by atoms with E-state index in [1.807, 2.05) is 36.9 Å². The lowest BCUT2D eigenvalue weighted by Gasteiger charge is -2.13. The van der Waals surface area contributed by atoms with Crippen molar-refractivity contribution in [3.05, 3.63) is 50.9 Å². The molecule has 126 valence electrons. The van der Waals surface area contributed by atoms with Gasteiger partial charge in [0.25, 0.3) is 5.91 Å². The lowest BCUT2D eigenvalue weighted by Crippen LogP contribution is -2.32. The molecule has 6 heteroatoms. The molecule has 1 aromatic carbocycles. The summed E-state index contributed by atoms with van der Waals surface area (Å²) in [5.41, 5.74) is 2.24. The predicted molar refractivity (Wildman–Crippen MR) is 103 cm³/mol. The summed E-state index contributed by atoms with van der Waals surface area (Å²) in [6, 6.07) is 10.4. The van der Waals surface area contributed by atoms with Crippen LogP contribution in [0.1, 0.15) is 34.3 Å². The molecule has 1 atom stereocenters. The second kappa shape index (κ2) is 7.07. The molecule has 2 aromatic heterocycles. The van der Waals surface area contributed by atoms with Crippen molar-refractivity contribution in [1.29, 1.82) is 0 Å². The number of aromatic nitrogens is 2. The van der Waals surface area contributed by atoms with Crippen molar-refractivity contribution < 1.29 is 4.79 Å². The first-order valence-electron chi connectivity index (χ1n) is 7.92. The number of carbonyl (C=O) groups is 1. The topological polar surface area (TPSA) is 46.9 Å². The van der Waals surface area contributed by atoms with Gasteiger partial charge >= 0.3 is 0 Å². The smallest absolute Gasteiger partial charge is 0.261 e. The standard InChI is InChI=1S/C18H20BrN3OS/c1-11(4-5-13-6-8-14(19)9-7-13)20-17(23)16-10-15-12(2)21-22(3)18(15)24-16/h6-11H,4-5H2,1-3H3,(H,20,23). The molecule has 1 N–H and O–H groups in total. The van der Waals surface area contributed by atoms with Crippen LogP contribution in [0.15, 0.2) is 34.8 Å². The number of hydrogen-bond acceptors (Lipinski definition) is 3. The molecule has 0 aliphatic heterocycles. The van der Waals surface area contributed by atoms with Gasteiger partial charge in [-0.3, -0.25) is 9.48 Å². The van der Waals surface area contributed by atoms with Crippen molar-refractivity contribution in [2.45, 2.75) is 32.7 Å². The van der Waals surface area contributed by atoms with Crippen LogP contribution in [0.5, 0.6) is 0 Å². The Morgan fingerprint density at radius 2 is 2.08 bits per heavy atom. The SMILES string of the molecule is Cc1nn(C)c2sc(C(=O)NC(C)CCc3ccc(Br)cc3)cc12. The summed E-state index contributed by atoms with van der Waals surface area (Å²) in [4.78, 5) is 14.3. The quantitative estimate of drug-likeness (QED) is 0.680. The summed E-state index contributed by atoms with van der Waals surface area (Å²) in [7, 11) is 1.91. The Labute approximate surface area is 154 Å². The molecule has 0 saturated carbocycles. The van der Waals surface area contributed by atoms with Crippen LogP contribution in [0.3, 0.4) is 0 Å². The summed E-state index contributed by atoms with van der Waals surface area (Å²) >= 11 is 4.94. The molecule has 2 heterocycles. The molecule has 0 fully saturated rings. The molecule has 24 heavy (non-hydrogen) atoms. The molecule has 0 saturated heterocycles. The zero-order chi connectivity index (χ0) is 17.3. The highest BCUT2D eigenvalue weighted by Crippen LogP contribution is 2.27. The number of hydrogen-bond donors (Lipinski definition) is 1. The average molecular weight is 406 g/mol. The third kappa shape index (κ3) is 3.70. The maximum atomic E-state index is 12.5. The van der Waals surface area contributed by atoms with E-state index in [0.717, 1.165) is 38.1 Å². The summed E-state index contributed by atoms with van der Waals surface area (Å²) < 4.78 is 2.92. The Kier molecular flexibility index (Phi) is 5.06. The Balaban J connectivity index is 1.60. The molecule has 0 bridgehead atoms. The van der Waals surface area contributed by atoms with Crippen LogP contribution in [0.2, 0.25) is 0 Å². The molecule has 4 nitrogen and oxygen atoms in total.